The van der Waals surface area contributed by atoms with Crippen molar-refractivity contribution in [2.75, 3.05) is 5.32 Å². The van der Waals surface area contributed by atoms with Crippen molar-refractivity contribution in [1.82, 2.24) is 0 Å². The molecular weight excluding hydrogens is 250 g/mol. The Morgan fingerprint density at radius 3 is 2.67 bits per heavy atom. The van der Waals surface area contributed by atoms with Crippen molar-refractivity contribution in [3.05, 3.63) is 58.6 Å². The molecule has 18 heavy (non-hydrogen) atoms. The van der Waals surface area contributed by atoms with E-state index in [1.165, 1.54) is 6.07 Å². The van der Waals surface area contributed by atoms with Crippen molar-refractivity contribution in [2.45, 2.75) is 6.92 Å². The van der Waals surface area contributed by atoms with Gasteiger partial charge in [-0.3, -0.25) is 0 Å². The number of anilines is 2. The smallest absolute Gasteiger partial charge is 0.337 e. The summed E-state index contributed by atoms with van der Waals surface area (Å²) in [6, 6.07) is 12.3. The number of aryl methyl sites for hydroxylation is 1. The quantitative estimate of drug-likeness (QED) is 0.875. The highest BCUT2D eigenvalue weighted by Crippen LogP contribution is 2.25. The van der Waals surface area contributed by atoms with Crippen LogP contribution in [0.15, 0.2) is 42.5 Å². The molecule has 0 saturated heterocycles. The molecule has 92 valence electrons. The van der Waals surface area contributed by atoms with Crippen LogP contribution in [0.1, 0.15) is 15.9 Å². The van der Waals surface area contributed by atoms with E-state index in [1.807, 2.05) is 31.2 Å². The van der Waals surface area contributed by atoms with Gasteiger partial charge in [0.2, 0.25) is 0 Å². The van der Waals surface area contributed by atoms with E-state index in [4.69, 9.17) is 16.7 Å². The lowest BCUT2D eigenvalue weighted by Gasteiger charge is -2.10. The summed E-state index contributed by atoms with van der Waals surface area (Å²) in [5, 5.41) is 12.7. The Hall–Kier alpha value is -2.00. The molecule has 2 rings (SSSR count). The van der Waals surface area contributed by atoms with Gasteiger partial charge in [0.25, 0.3) is 0 Å². The standard InChI is InChI=1S/C14H12ClNO2/c1-9-3-2-4-11(7-9)16-13-8-10(15)5-6-12(13)14(17)18/h2-8,16H,1H3,(H,17,18). The van der Waals surface area contributed by atoms with Crippen LogP contribution in [0.25, 0.3) is 0 Å². The van der Waals surface area contributed by atoms with Gasteiger partial charge in [-0.05, 0) is 42.8 Å². The van der Waals surface area contributed by atoms with Gasteiger partial charge in [-0.15, -0.1) is 0 Å². The fourth-order valence-electron chi connectivity index (χ4n) is 1.68. The van der Waals surface area contributed by atoms with Crippen LogP contribution in [-0.4, -0.2) is 11.1 Å². The highest BCUT2D eigenvalue weighted by atomic mass is 35.5. The van der Waals surface area contributed by atoms with E-state index in [0.29, 0.717) is 10.7 Å². The van der Waals surface area contributed by atoms with Gasteiger partial charge in [0.15, 0.2) is 0 Å². The third kappa shape index (κ3) is 2.81. The van der Waals surface area contributed by atoms with Gasteiger partial charge < -0.3 is 10.4 Å². The van der Waals surface area contributed by atoms with Crippen LogP contribution in [0, 0.1) is 6.92 Å². The van der Waals surface area contributed by atoms with Crippen molar-refractivity contribution in [3.63, 3.8) is 0 Å². The summed E-state index contributed by atoms with van der Waals surface area (Å²) in [5.41, 5.74) is 2.61. The molecule has 0 heterocycles. The van der Waals surface area contributed by atoms with Crippen molar-refractivity contribution in [3.8, 4) is 0 Å². The van der Waals surface area contributed by atoms with Crippen LogP contribution < -0.4 is 5.32 Å². The van der Waals surface area contributed by atoms with Crippen LogP contribution in [0.3, 0.4) is 0 Å². The Morgan fingerprint density at radius 2 is 2.00 bits per heavy atom. The summed E-state index contributed by atoms with van der Waals surface area (Å²) in [7, 11) is 0. The molecule has 0 atom stereocenters. The number of benzene rings is 2. The third-order valence-electron chi connectivity index (χ3n) is 2.51. The average molecular weight is 262 g/mol. The van der Waals surface area contributed by atoms with Gasteiger partial charge in [0.05, 0.1) is 11.3 Å². The van der Waals surface area contributed by atoms with Gasteiger partial charge in [-0.2, -0.15) is 0 Å². The molecule has 0 aliphatic rings. The van der Waals surface area contributed by atoms with Crippen molar-refractivity contribution < 1.29 is 9.90 Å². The van der Waals surface area contributed by atoms with E-state index in [2.05, 4.69) is 5.32 Å². The minimum absolute atomic E-state index is 0.195. The molecule has 0 unspecified atom stereocenters. The number of carbonyl (C=O) groups is 1. The second-order valence-electron chi connectivity index (χ2n) is 3.99. The molecular formula is C14H12ClNO2. The second kappa shape index (κ2) is 5.10. The number of hydrogen-bond acceptors (Lipinski definition) is 2. The number of rotatable bonds is 3. The van der Waals surface area contributed by atoms with E-state index in [1.54, 1.807) is 12.1 Å². The van der Waals surface area contributed by atoms with Gasteiger partial charge in [0.1, 0.15) is 0 Å². The Balaban J connectivity index is 2.39. The summed E-state index contributed by atoms with van der Waals surface area (Å²) < 4.78 is 0. The van der Waals surface area contributed by atoms with Crippen molar-refractivity contribution in [1.29, 1.82) is 0 Å². The lowest BCUT2D eigenvalue weighted by atomic mass is 10.1. The maximum Gasteiger partial charge on any atom is 0.337 e. The molecule has 0 aliphatic heterocycles. The Kier molecular flexibility index (Phi) is 3.53. The zero-order valence-electron chi connectivity index (χ0n) is 9.77. The van der Waals surface area contributed by atoms with Crippen LogP contribution in [0.5, 0.6) is 0 Å². The molecule has 0 saturated carbocycles. The molecule has 4 heteroatoms. The predicted octanol–water partition coefficient (Wildman–Crippen LogP) is 4.09. The van der Waals surface area contributed by atoms with E-state index in [9.17, 15) is 4.79 Å². The average Bonchev–Trinajstić information content (AvgIpc) is 2.28. The third-order valence-corrected chi connectivity index (χ3v) is 2.74. The fourth-order valence-corrected chi connectivity index (χ4v) is 1.86. The predicted molar refractivity (Wildman–Crippen MR) is 72.9 cm³/mol. The molecule has 0 aromatic heterocycles. The first-order valence-corrected chi connectivity index (χ1v) is 5.80. The number of carboxylic acids is 1. The van der Waals surface area contributed by atoms with Gasteiger partial charge in [0, 0.05) is 10.7 Å². The van der Waals surface area contributed by atoms with E-state index >= 15 is 0 Å². The van der Waals surface area contributed by atoms with Gasteiger partial charge in [-0.25, -0.2) is 4.79 Å². The number of nitrogens with one attached hydrogen (secondary N) is 1. The Morgan fingerprint density at radius 1 is 1.22 bits per heavy atom. The molecule has 3 nitrogen and oxygen atoms in total. The molecule has 0 amide bonds. The van der Waals surface area contributed by atoms with Crippen molar-refractivity contribution >= 4 is 28.9 Å². The summed E-state index contributed by atoms with van der Waals surface area (Å²) in [4.78, 5) is 11.1. The highest BCUT2D eigenvalue weighted by molar-refractivity contribution is 6.31. The summed E-state index contributed by atoms with van der Waals surface area (Å²) in [6.07, 6.45) is 0. The maximum absolute atomic E-state index is 11.1. The van der Waals surface area contributed by atoms with Crippen molar-refractivity contribution in [2.24, 2.45) is 0 Å². The number of aromatic carboxylic acids is 1. The minimum Gasteiger partial charge on any atom is -0.478 e. The topological polar surface area (TPSA) is 49.3 Å². The minimum atomic E-state index is -0.984. The monoisotopic (exact) mass is 261 g/mol. The fraction of sp³-hybridized carbons (Fsp3) is 0.0714. The first-order chi connectivity index (χ1) is 8.56. The highest BCUT2D eigenvalue weighted by Gasteiger charge is 2.10. The van der Waals surface area contributed by atoms with Crippen LogP contribution in [-0.2, 0) is 0 Å². The second-order valence-corrected chi connectivity index (χ2v) is 4.43. The van der Waals surface area contributed by atoms with Gasteiger partial charge >= 0.3 is 5.97 Å². The van der Waals surface area contributed by atoms with E-state index in [-0.39, 0.29) is 5.56 Å². The summed E-state index contributed by atoms with van der Waals surface area (Å²) in [5.74, 6) is -0.984. The Labute approximate surface area is 110 Å². The zero-order chi connectivity index (χ0) is 13.1. The number of carboxylic acid groups (broad SMARTS) is 1. The Bertz CT molecular complexity index is 596. The molecule has 0 spiro atoms. The lowest BCUT2D eigenvalue weighted by molar-refractivity contribution is 0.0698. The van der Waals surface area contributed by atoms with Crippen LogP contribution in [0.4, 0.5) is 11.4 Å². The summed E-state index contributed by atoms with van der Waals surface area (Å²) >= 11 is 5.89. The van der Waals surface area contributed by atoms with Crippen LogP contribution >= 0.6 is 11.6 Å². The first-order valence-electron chi connectivity index (χ1n) is 5.43. The normalized spacial score (nSPS) is 10.1. The van der Waals surface area contributed by atoms with Gasteiger partial charge in [-0.1, -0.05) is 23.7 Å². The first kappa shape index (κ1) is 12.5. The number of halogens is 1. The lowest BCUT2D eigenvalue weighted by Crippen LogP contribution is -2.02. The molecule has 2 aromatic carbocycles. The van der Waals surface area contributed by atoms with E-state index < -0.39 is 5.97 Å². The molecule has 2 N–H and O–H groups in total. The summed E-state index contributed by atoms with van der Waals surface area (Å²) in [6.45, 7) is 1.97. The molecule has 0 aliphatic carbocycles. The molecule has 0 bridgehead atoms. The molecule has 0 radical (unpaired) electrons. The molecule has 2 aromatic rings. The van der Waals surface area contributed by atoms with Crippen LogP contribution in [0.2, 0.25) is 5.02 Å². The SMILES string of the molecule is Cc1cccc(Nc2cc(Cl)ccc2C(=O)O)c1. The maximum atomic E-state index is 11.1. The zero-order valence-corrected chi connectivity index (χ0v) is 10.5. The number of hydrogen-bond donors (Lipinski definition) is 2. The largest absolute Gasteiger partial charge is 0.478 e. The van der Waals surface area contributed by atoms with E-state index in [0.717, 1.165) is 11.3 Å². The molecule has 0 fully saturated rings.